The summed E-state index contributed by atoms with van der Waals surface area (Å²) >= 11 is 0. The maximum Gasteiger partial charge on any atom is 0.265 e. The molecule has 0 bridgehead atoms. The van der Waals surface area contributed by atoms with Gasteiger partial charge in [-0.2, -0.15) is 0 Å². The highest BCUT2D eigenvalue weighted by Crippen LogP contribution is 2.32. The fourth-order valence-electron chi connectivity index (χ4n) is 3.65. The molecule has 4 rings (SSSR count). The fourth-order valence-corrected chi connectivity index (χ4v) is 3.65. The van der Waals surface area contributed by atoms with Gasteiger partial charge in [-0.1, -0.05) is 12.1 Å². The Morgan fingerprint density at radius 3 is 2.71 bits per heavy atom. The van der Waals surface area contributed by atoms with Crippen LogP contribution in [0.4, 0.5) is 11.5 Å². The van der Waals surface area contributed by atoms with Crippen molar-refractivity contribution in [3.8, 4) is 5.75 Å². The fraction of sp³-hybridized carbons (Fsp3) is 0.381. The van der Waals surface area contributed by atoms with Crippen LogP contribution in [0.2, 0.25) is 0 Å². The standard InChI is InChI=1S/C21H24N4O3/c1-16-5-6-18-17(14-16)25(21(27)15-28-18)9-7-20(26)24-12-10-23(11-13-24)19-4-2-3-8-22-19/h2-6,8,14H,7,9-13,15H2,1H3. The zero-order valence-corrected chi connectivity index (χ0v) is 16.0. The van der Waals surface area contributed by atoms with Crippen molar-refractivity contribution < 1.29 is 14.3 Å². The molecule has 7 heteroatoms. The third-order valence-corrected chi connectivity index (χ3v) is 5.21. The lowest BCUT2D eigenvalue weighted by Gasteiger charge is -2.36. The van der Waals surface area contributed by atoms with E-state index in [9.17, 15) is 9.59 Å². The molecule has 1 fully saturated rings. The molecule has 1 aromatic heterocycles. The molecule has 2 aliphatic heterocycles. The Kier molecular flexibility index (Phi) is 5.14. The van der Waals surface area contributed by atoms with Gasteiger partial charge in [0.1, 0.15) is 11.6 Å². The summed E-state index contributed by atoms with van der Waals surface area (Å²) in [6.07, 6.45) is 2.09. The van der Waals surface area contributed by atoms with Gasteiger partial charge >= 0.3 is 0 Å². The number of rotatable bonds is 4. The van der Waals surface area contributed by atoms with Crippen LogP contribution in [0.1, 0.15) is 12.0 Å². The summed E-state index contributed by atoms with van der Waals surface area (Å²) in [5.41, 5.74) is 1.81. The minimum Gasteiger partial charge on any atom is -0.482 e. The number of fused-ring (bicyclic) bond motifs is 1. The Morgan fingerprint density at radius 1 is 1.14 bits per heavy atom. The number of aromatic nitrogens is 1. The maximum absolute atomic E-state index is 12.7. The van der Waals surface area contributed by atoms with Crippen LogP contribution in [0.5, 0.6) is 5.75 Å². The van der Waals surface area contributed by atoms with Crippen LogP contribution in [0.15, 0.2) is 42.6 Å². The van der Waals surface area contributed by atoms with Crippen molar-refractivity contribution in [1.82, 2.24) is 9.88 Å². The van der Waals surface area contributed by atoms with Crippen molar-refractivity contribution in [3.05, 3.63) is 48.2 Å². The number of pyridine rings is 1. The van der Waals surface area contributed by atoms with E-state index < -0.39 is 0 Å². The lowest BCUT2D eigenvalue weighted by Crippen LogP contribution is -2.50. The summed E-state index contributed by atoms with van der Waals surface area (Å²) in [6.45, 7) is 5.24. The summed E-state index contributed by atoms with van der Waals surface area (Å²) in [4.78, 5) is 35.1. The van der Waals surface area contributed by atoms with Crippen molar-refractivity contribution in [1.29, 1.82) is 0 Å². The highest BCUT2D eigenvalue weighted by Gasteiger charge is 2.27. The molecule has 0 spiro atoms. The smallest absolute Gasteiger partial charge is 0.265 e. The molecule has 0 N–H and O–H groups in total. The van der Waals surface area contributed by atoms with Gasteiger partial charge in [0.15, 0.2) is 6.61 Å². The number of hydrogen-bond donors (Lipinski definition) is 0. The van der Waals surface area contributed by atoms with Crippen molar-refractivity contribution >= 4 is 23.3 Å². The molecule has 0 aliphatic carbocycles. The third kappa shape index (κ3) is 3.78. The highest BCUT2D eigenvalue weighted by atomic mass is 16.5. The second-order valence-corrected chi connectivity index (χ2v) is 7.11. The number of aryl methyl sites for hydroxylation is 1. The number of hydrogen-bond acceptors (Lipinski definition) is 5. The largest absolute Gasteiger partial charge is 0.482 e. The molecule has 1 aromatic carbocycles. The second kappa shape index (κ2) is 7.88. The van der Waals surface area contributed by atoms with Gasteiger partial charge in [0.05, 0.1) is 5.69 Å². The highest BCUT2D eigenvalue weighted by molar-refractivity contribution is 5.98. The second-order valence-electron chi connectivity index (χ2n) is 7.11. The monoisotopic (exact) mass is 380 g/mol. The topological polar surface area (TPSA) is 66.0 Å². The first-order valence-corrected chi connectivity index (χ1v) is 9.59. The van der Waals surface area contributed by atoms with Crippen LogP contribution < -0.4 is 14.5 Å². The van der Waals surface area contributed by atoms with Gasteiger partial charge in [0.25, 0.3) is 5.91 Å². The third-order valence-electron chi connectivity index (χ3n) is 5.21. The zero-order valence-electron chi connectivity index (χ0n) is 16.0. The summed E-state index contributed by atoms with van der Waals surface area (Å²) < 4.78 is 5.50. The van der Waals surface area contributed by atoms with Crippen molar-refractivity contribution in [3.63, 3.8) is 0 Å². The Morgan fingerprint density at radius 2 is 1.96 bits per heavy atom. The first kappa shape index (κ1) is 18.3. The number of nitrogens with zero attached hydrogens (tertiary/aromatic N) is 4. The van der Waals surface area contributed by atoms with E-state index in [4.69, 9.17) is 4.74 Å². The lowest BCUT2D eigenvalue weighted by molar-refractivity contribution is -0.131. The van der Waals surface area contributed by atoms with E-state index in [0.717, 1.165) is 30.2 Å². The lowest BCUT2D eigenvalue weighted by atomic mass is 10.1. The number of benzene rings is 1. The number of anilines is 2. The Balaban J connectivity index is 1.34. The minimum atomic E-state index is -0.106. The van der Waals surface area contributed by atoms with Crippen LogP contribution in [0.3, 0.4) is 0 Å². The van der Waals surface area contributed by atoms with E-state index in [-0.39, 0.29) is 18.4 Å². The predicted molar refractivity (Wildman–Crippen MR) is 107 cm³/mol. The average molecular weight is 380 g/mol. The number of amides is 2. The summed E-state index contributed by atoms with van der Waals surface area (Å²) in [6, 6.07) is 11.6. The van der Waals surface area contributed by atoms with Gasteiger partial charge in [0, 0.05) is 45.3 Å². The van der Waals surface area contributed by atoms with E-state index in [1.807, 2.05) is 48.2 Å². The van der Waals surface area contributed by atoms with Crippen molar-refractivity contribution in [2.45, 2.75) is 13.3 Å². The summed E-state index contributed by atoms with van der Waals surface area (Å²) in [5.74, 6) is 1.61. The molecule has 3 heterocycles. The molecule has 0 atom stereocenters. The maximum atomic E-state index is 12.7. The van der Waals surface area contributed by atoms with Crippen LogP contribution in [-0.2, 0) is 9.59 Å². The van der Waals surface area contributed by atoms with E-state index in [0.29, 0.717) is 31.8 Å². The van der Waals surface area contributed by atoms with Crippen molar-refractivity contribution in [2.75, 3.05) is 49.1 Å². The molecule has 2 aromatic rings. The number of piperazine rings is 1. The Bertz CT molecular complexity index is 863. The van der Waals surface area contributed by atoms with Gasteiger partial charge < -0.3 is 19.4 Å². The number of carbonyl (C=O) groups is 2. The normalized spacial score (nSPS) is 16.6. The van der Waals surface area contributed by atoms with E-state index >= 15 is 0 Å². The SMILES string of the molecule is Cc1ccc2c(c1)N(CCC(=O)N1CCN(c3ccccn3)CC1)C(=O)CO2. The summed E-state index contributed by atoms with van der Waals surface area (Å²) in [5, 5.41) is 0. The van der Waals surface area contributed by atoms with E-state index in [1.165, 1.54) is 0 Å². The molecule has 0 saturated carbocycles. The van der Waals surface area contributed by atoms with Gasteiger partial charge in [-0.3, -0.25) is 9.59 Å². The van der Waals surface area contributed by atoms with Crippen LogP contribution in [0.25, 0.3) is 0 Å². The first-order chi connectivity index (χ1) is 13.6. The Hall–Kier alpha value is -3.09. The quantitative estimate of drug-likeness (QED) is 0.810. The minimum absolute atomic E-state index is 0.0208. The van der Waals surface area contributed by atoms with Crippen LogP contribution in [0, 0.1) is 6.92 Å². The zero-order chi connectivity index (χ0) is 19.5. The van der Waals surface area contributed by atoms with Gasteiger partial charge in [-0.25, -0.2) is 4.98 Å². The molecule has 146 valence electrons. The number of carbonyl (C=O) groups excluding carboxylic acids is 2. The molecule has 2 aliphatic rings. The first-order valence-electron chi connectivity index (χ1n) is 9.59. The van der Waals surface area contributed by atoms with E-state index in [1.54, 1.807) is 11.1 Å². The molecule has 0 unspecified atom stereocenters. The van der Waals surface area contributed by atoms with Gasteiger partial charge in [-0.05, 0) is 36.8 Å². The average Bonchev–Trinajstić information content (AvgIpc) is 2.73. The Labute approximate surface area is 164 Å². The van der Waals surface area contributed by atoms with E-state index in [2.05, 4.69) is 9.88 Å². The van der Waals surface area contributed by atoms with Gasteiger partial charge in [-0.15, -0.1) is 0 Å². The molecule has 0 radical (unpaired) electrons. The molecular formula is C21H24N4O3. The molecular weight excluding hydrogens is 356 g/mol. The van der Waals surface area contributed by atoms with Crippen LogP contribution in [-0.4, -0.2) is 61.0 Å². The number of ether oxygens (including phenoxy) is 1. The van der Waals surface area contributed by atoms with Crippen LogP contribution >= 0.6 is 0 Å². The van der Waals surface area contributed by atoms with Crippen molar-refractivity contribution in [2.24, 2.45) is 0 Å². The molecule has 7 nitrogen and oxygen atoms in total. The predicted octanol–water partition coefficient (Wildman–Crippen LogP) is 1.85. The molecule has 28 heavy (non-hydrogen) atoms. The molecule has 2 amide bonds. The van der Waals surface area contributed by atoms with Gasteiger partial charge in [0.2, 0.25) is 5.91 Å². The summed E-state index contributed by atoms with van der Waals surface area (Å²) in [7, 11) is 0. The molecule has 1 saturated heterocycles.